The van der Waals surface area contributed by atoms with E-state index in [0.717, 1.165) is 11.5 Å². The number of hydrogen-bond donors (Lipinski definition) is 2. The Morgan fingerprint density at radius 2 is 2.44 bits per heavy atom. The van der Waals surface area contributed by atoms with Crippen molar-refractivity contribution in [1.29, 1.82) is 0 Å². The van der Waals surface area contributed by atoms with E-state index in [0.29, 0.717) is 5.56 Å². The van der Waals surface area contributed by atoms with E-state index in [1.807, 2.05) is 24.6 Å². The first-order chi connectivity index (χ1) is 7.66. The van der Waals surface area contributed by atoms with Gasteiger partial charge in [-0.1, -0.05) is 0 Å². The molecule has 1 amide bonds. The SMILES string of the molecule is Cc1cnc(C(C)NC(=O)c2ccsc2)[nH]1. The monoisotopic (exact) mass is 235 g/mol. The molecule has 0 saturated heterocycles. The van der Waals surface area contributed by atoms with Crippen LogP contribution in [0.4, 0.5) is 0 Å². The molecule has 0 fully saturated rings. The van der Waals surface area contributed by atoms with Crippen molar-refractivity contribution >= 4 is 17.2 Å². The Labute approximate surface area is 97.7 Å². The predicted molar refractivity (Wildman–Crippen MR) is 63.5 cm³/mol. The number of carbonyl (C=O) groups is 1. The minimum absolute atomic E-state index is 0.0668. The molecular weight excluding hydrogens is 222 g/mol. The van der Waals surface area contributed by atoms with E-state index < -0.39 is 0 Å². The Morgan fingerprint density at radius 1 is 1.62 bits per heavy atom. The second-order valence-corrected chi connectivity index (χ2v) is 4.44. The van der Waals surface area contributed by atoms with E-state index in [4.69, 9.17) is 0 Å². The molecule has 0 aromatic carbocycles. The summed E-state index contributed by atoms with van der Waals surface area (Å²) in [6.07, 6.45) is 1.75. The van der Waals surface area contributed by atoms with E-state index in [-0.39, 0.29) is 11.9 Å². The highest BCUT2D eigenvalue weighted by Crippen LogP contribution is 2.11. The Hall–Kier alpha value is -1.62. The number of imidazole rings is 1. The van der Waals surface area contributed by atoms with E-state index in [1.54, 1.807) is 12.3 Å². The lowest BCUT2D eigenvalue weighted by molar-refractivity contribution is 0.0939. The van der Waals surface area contributed by atoms with Crippen LogP contribution in [0.1, 0.15) is 34.8 Å². The van der Waals surface area contributed by atoms with Gasteiger partial charge in [0, 0.05) is 17.3 Å². The molecule has 0 radical (unpaired) electrons. The largest absolute Gasteiger partial charge is 0.344 e. The maximum absolute atomic E-state index is 11.8. The van der Waals surface area contributed by atoms with Crippen LogP contribution >= 0.6 is 11.3 Å². The van der Waals surface area contributed by atoms with Crippen LogP contribution in [-0.2, 0) is 0 Å². The fourth-order valence-corrected chi connectivity index (χ4v) is 2.03. The zero-order chi connectivity index (χ0) is 11.5. The average Bonchev–Trinajstić information content (AvgIpc) is 2.87. The van der Waals surface area contributed by atoms with Gasteiger partial charge in [-0.05, 0) is 25.3 Å². The fourth-order valence-electron chi connectivity index (χ4n) is 1.39. The summed E-state index contributed by atoms with van der Waals surface area (Å²) in [5, 5.41) is 6.60. The lowest BCUT2D eigenvalue weighted by atomic mass is 10.2. The van der Waals surface area contributed by atoms with E-state index in [1.165, 1.54) is 11.3 Å². The second kappa shape index (κ2) is 4.49. The Morgan fingerprint density at radius 3 is 3.00 bits per heavy atom. The molecule has 84 valence electrons. The van der Waals surface area contributed by atoms with Crippen LogP contribution in [-0.4, -0.2) is 15.9 Å². The maximum Gasteiger partial charge on any atom is 0.252 e. The predicted octanol–water partition coefficient (Wildman–Crippen LogP) is 2.27. The Balaban J connectivity index is 2.03. The lowest BCUT2D eigenvalue weighted by Gasteiger charge is -2.10. The quantitative estimate of drug-likeness (QED) is 0.857. The summed E-state index contributed by atoms with van der Waals surface area (Å²) in [7, 11) is 0. The van der Waals surface area contributed by atoms with Crippen molar-refractivity contribution < 1.29 is 4.79 Å². The van der Waals surface area contributed by atoms with Crippen molar-refractivity contribution in [3.8, 4) is 0 Å². The third-order valence-electron chi connectivity index (χ3n) is 2.26. The molecule has 2 aromatic rings. The van der Waals surface area contributed by atoms with E-state index in [9.17, 15) is 4.79 Å². The van der Waals surface area contributed by atoms with Gasteiger partial charge < -0.3 is 10.3 Å². The van der Waals surface area contributed by atoms with E-state index in [2.05, 4.69) is 15.3 Å². The van der Waals surface area contributed by atoms with Gasteiger partial charge in [-0.25, -0.2) is 4.98 Å². The Kier molecular flexibility index (Phi) is 3.05. The molecule has 0 bridgehead atoms. The number of carbonyl (C=O) groups excluding carboxylic acids is 1. The molecule has 16 heavy (non-hydrogen) atoms. The average molecular weight is 235 g/mol. The summed E-state index contributed by atoms with van der Waals surface area (Å²) in [6, 6.07) is 1.70. The molecular formula is C11H13N3OS. The molecule has 2 aromatic heterocycles. The van der Waals surface area contributed by atoms with Crippen molar-refractivity contribution in [1.82, 2.24) is 15.3 Å². The van der Waals surface area contributed by atoms with Crippen molar-refractivity contribution in [3.05, 3.63) is 40.1 Å². The highest BCUT2D eigenvalue weighted by atomic mass is 32.1. The normalized spacial score (nSPS) is 12.4. The minimum Gasteiger partial charge on any atom is -0.344 e. The van der Waals surface area contributed by atoms with Crippen LogP contribution in [0.3, 0.4) is 0 Å². The molecule has 5 heteroatoms. The van der Waals surface area contributed by atoms with Crippen molar-refractivity contribution in [2.45, 2.75) is 19.9 Å². The third kappa shape index (κ3) is 2.30. The number of nitrogens with zero attached hydrogens (tertiary/aromatic N) is 1. The van der Waals surface area contributed by atoms with Gasteiger partial charge in [-0.2, -0.15) is 11.3 Å². The molecule has 0 aliphatic heterocycles. The fraction of sp³-hybridized carbons (Fsp3) is 0.273. The number of rotatable bonds is 3. The Bertz CT molecular complexity index is 475. The zero-order valence-corrected chi connectivity index (χ0v) is 9.97. The molecule has 2 rings (SSSR count). The number of thiophene rings is 1. The van der Waals surface area contributed by atoms with Crippen LogP contribution in [0.15, 0.2) is 23.0 Å². The molecule has 2 heterocycles. The van der Waals surface area contributed by atoms with Crippen LogP contribution in [0.25, 0.3) is 0 Å². The molecule has 0 spiro atoms. The summed E-state index contributed by atoms with van der Waals surface area (Å²) in [6.45, 7) is 3.84. The van der Waals surface area contributed by atoms with Gasteiger partial charge in [0.25, 0.3) is 5.91 Å². The van der Waals surface area contributed by atoms with Gasteiger partial charge >= 0.3 is 0 Å². The van der Waals surface area contributed by atoms with Gasteiger partial charge in [-0.15, -0.1) is 0 Å². The number of aryl methyl sites for hydroxylation is 1. The molecule has 4 nitrogen and oxygen atoms in total. The summed E-state index contributed by atoms with van der Waals surface area (Å²) >= 11 is 1.51. The van der Waals surface area contributed by atoms with Gasteiger partial charge in [0.15, 0.2) is 0 Å². The number of amides is 1. The number of nitrogens with one attached hydrogen (secondary N) is 2. The van der Waals surface area contributed by atoms with Crippen LogP contribution in [0.2, 0.25) is 0 Å². The summed E-state index contributed by atoms with van der Waals surface area (Å²) < 4.78 is 0. The lowest BCUT2D eigenvalue weighted by Crippen LogP contribution is -2.26. The van der Waals surface area contributed by atoms with Gasteiger partial charge in [0.1, 0.15) is 5.82 Å². The summed E-state index contributed by atoms with van der Waals surface area (Å²) in [5.74, 6) is 0.712. The highest BCUT2D eigenvalue weighted by molar-refractivity contribution is 7.08. The van der Waals surface area contributed by atoms with E-state index >= 15 is 0 Å². The van der Waals surface area contributed by atoms with Gasteiger partial charge in [-0.3, -0.25) is 4.79 Å². The van der Waals surface area contributed by atoms with Crippen molar-refractivity contribution in [2.75, 3.05) is 0 Å². The molecule has 0 saturated carbocycles. The topological polar surface area (TPSA) is 57.8 Å². The first kappa shape index (κ1) is 10.9. The van der Waals surface area contributed by atoms with Crippen molar-refractivity contribution in [3.63, 3.8) is 0 Å². The zero-order valence-electron chi connectivity index (χ0n) is 9.15. The molecule has 1 atom stereocenters. The summed E-state index contributed by atoms with van der Waals surface area (Å²) in [4.78, 5) is 19.0. The standard InChI is InChI=1S/C11H13N3OS/c1-7-5-12-10(13-7)8(2)14-11(15)9-3-4-16-6-9/h3-6,8H,1-2H3,(H,12,13)(H,14,15). The summed E-state index contributed by atoms with van der Waals surface area (Å²) in [5.41, 5.74) is 1.69. The minimum atomic E-state index is -0.110. The highest BCUT2D eigenvalue weighted by Gasteiger charge is 2.13. The van der Waals surface area contributed by atoms with Crippen molar-refractivity contribution in [2.24, 2.45) is 0 Å². The van der Waals surface area contributed by atoms with Crippen LogP contribution < -0.4 is 5.32 Å². The molecule has 1 unspecified atom stereocenters. The van der Waals surface area contributed by atoms with Crippen LogP contribution in [0.5, 0.6) is 0 Å². The maximum atomic E-state index is 11.8. The molecule has 0 aliphatic rings. The number of aromatic nitrogens is 2. The number of aromatic amines is 1. The van der Waals surface area contributed by atoms with Gasteiger partial charge in [0.05, 0.1) is 11.6 Å². The second-order valence-electron chi connectivity index (χ2n) is 3.66. The molecule has 2 N–H and O–H groups in total. The third-order valence-corrected chi connectivity index (χ3v) is 2.95. The van der Waals surface area contributed by atoms with Crippen LogP contribution in [0, 0.1) is 6.92 Å². The first-order valence-electron chi connectivity index (χ1n) is 5.01. The smallest absolute Gasteiger partial charge is 0.252 e. The number of H-pyrrole nitrogens is 1. The molecule has 0 aliphatic carbocycles. The first-order valence-corrected chi connectivity index (χ1v) is 5.95. The van der Waals surface area contributed by atoms with Gasteiger partial charge in [0.2, 0.25) is 0 Å². The number of hydrogen-bond acceptors (Lipinski definition) is 3.